The molecule has 136 valence electrons. The Balaban J connectivity index is 0.00000208. The molecule has 3 heterocycles. The molecule has 2 aliphatic heterocycles. The zero-order chi connectivity index (χ0) is 16.4. The average Bonchev–Trinajstić information content (AvgIpc) is 3.21. The van der Waals surface area contributed by atoms with Gasteiger partial charge in [0.05, 0.1) is 29.0 Å². The molecule has 3 rings (SSSR count). The van der Waals surface area contributed by atoms with Gasteiger partial charge in [0.2, 0.25) is 0 Å². The van der Waals surface area contributed by atoms with Crippen molar-refractivity contribution in [1.82, 2.24) is 15.6 Å². The van der Waals surface area contributed by atoms with Gasteiger partial charge in [-0.2, -0.15) is 0 Å². The Morgan fingerprint density at radius 1 is 1.42 bits per heavy atom. The molecule has 2 aliphatic rings. The highest BCUT2D eigenvalue weighted by molar-refractivity contribution is 14.0. The van der Waals surface area contributed by atoms with Crippen LogP contribution < -0.4 is 10.6 Å². The van der Waals surface area contributed by atoms with Crippen molar-refractivity contribution in [3.05, 3.63) is 16.1 Å². The summed E-state index contributed by atoms with van der Waals surface area (Å²) in [7, 11) is 1.82. The van der Waals surface area contributed by atoms with Crippen LogP contribution in [-0.2, 0) is 16.6 Å². The minimum absolute atomic E-state index is 0. The molecule has 1 aromatic rings. The number of fused-ring (bicyclic) bond motifs is 2. The van der Waals surface area contributed by atoms with Gasteiger partial charge < -0.3 is 15.4 Å². The molecule has 1 aromatic heterocycles. The second-order valence-electron chi connectivity index (χ2n) is 7.49. The van der Waals surface area contributed by atoms with Gasteiger partial charge in [-0.25, -0.2) is 4.98 Å². The Bertz CT molecular complexity index is 569. The number of rotatable bonds is 4. The summed E-state index contributed by atoms with van der Waals surface area (Å²) in [4.78, 5) is 9.07. The van der Waals surface area contributed by atoms with E-state index in [9.17, 15) is 0 Å². The van der Waals surface area contributed by atoms with Crippen LogP contribution in [0.1, 0.15) is 50.7 Å². The van der Waals surface area contributed by atoms with Gasteiger partial charge in [-0.15, -0.1) is 35.3 Å². The number of halogens is 1. The van der Waals surface area contributed by atoms with Crippen LogP contribution in [0.25, 0.3) is 0 Å². The molecular weight excluding hydrogens is 435 g/mol. The molecule has 2 fully saturated rings. The van der Waals surface area contributed by atoms with Gasteiger partial charge in [0.1, 0.15) is 0 Å². The Morgan fingerprint density at radius 2 is 2.21 bits per heavy atom. The number of hydrogen-bond donors (Lipinski definition) is 2. The minimum Gasteiger partial charge on any atom is -0.373 e. The van der Waals surface area contributed by atoms with Crippen LogP contribution >= 0.6 is 35.3 Å². The molecule has 2 N–H and O–H groups in total. The van der Waals surface area contributed by atoms with E-state index >= 15 is 0 Å². The smallest absolute Gasteiger partial charge is 0.191 e. The maximum Gasteiger partial charge on any atom is 0.191 e. The number of aliphatic imine (C=N–C) groups is 1. The molecular formula is C17H29IN4OS. The summed E-state index contributed by atoms with van der Waals surface area (Å²) in [6.45, 7) is 7.45. The molecule has 2 saturated heterocycles. The van der Waals surface area contributed by atoms with Gasteiger partial charge in [-0.05, 0) is 19.3 Å². The van der Waals surface area contributed by atoms with Crippen LogP contribution in [0.2, 0.25) is 0 Å². The topological polar surface area (TPSA) is 58.5 Å². The fourth-order valence-corrected chi connectivity index (χ4v) is 4.24. The third kappa shape index (κ3) is 4.82. The van der Waals surface area contributed by atoms with Gasteiger partial charge in [-0.3, -0.25) is 4.99 Å². The van der Waals surface area contributed by atoms with Crippen LogP contribution in [0.15, 0.2) is 10.4 Å². The number of hydrogen-bond acceptors (Lipinski definition) is 4. The zero-order valence-electron chi connectivity index (χ0n) is 15.0. The van der Waals surface area contributed by atoms with Crippen molar-refractivity contribution in [2.24, 2.45) is 4.99 Å². The highest BCUT2D eigenvalue weighted by Gasteiger charge is 2.41. The Morgan fingerprint density at radius 3 is 2.75 bits per heavy atom. The van der Waals surface area contributed by atoms with Gasteiger partial charge in [0.25, 0.3) is 0 Å². The van der Waals surface area contributed by atoms with Crippen molar-refractivity contribution < 1.29 is 4.74 Å². The lowest BCUT2D eigenvalue weighted by molar-refractivity contribution is 0.0992. The van der Waals surface area contributed by atoms with Gasteiger partial charge in [0.15, 0.2) is 5.96 Å². The molecule has 0 aliphatic carbocycles. The second-order valence-corrected chi connectivity index (χ2v) is 8.43. The molecule has 0 aromatic carbocycles. The van der Waals surface area contributed by atoms with Crippen molar-refractivity contribution in [1.29, 1.82) is 0 Å². The fourth-order valence-electron chi connectivity index (χ4n) is 3.22. The fraction of sp³-hybridized carbons (Fsp3) is 0.765. The van der Waals surface area contributed by atoms with Gasteiger partial charge in [-0.1, -0.05) is 20.8 Å². The molecule has 5 nitrogen and oxygen atoms in total. The zero-order valence-corrected chi connectivity index (χ0v) is 18.1. The summed E-state index contributed by atoms with van der Waals surface area (Å²) in [5, 5.41) is 10.3. The Kier molecular flexibility index (Phi) is 6.90. The summed E-state index contributed by atoms with van der Waals surface area (Å²) in [5.74, 6) is 0.874. The summed E-state index contributed by atoms with van der Waals surface area (Å²) in [6.07, 6.45) is 5.25. The van der Waals surface area contributed by atoms with E-state index in [1.165, 1.54) is 23.5 Å². The van der Waals surface area contributed by atoms with Crippen LogP contribution in [0.4, 0.5) is 0 Å². The maximum atomic E-state index is 5.89. The molecule has 3 atom stereocenters. The Labute approximate surface area is 166 Å². The summed E-state index contributed by atoms with van der Waals surface area (Å²) >= 11 is 1.75. The number of nitrogens with one attached hydrogen (secondary N) is 2. The number of guanidine groups is 1. The van der Waals surface area contributed by atoms with Crippen molar-refractivity contribution in [3.63, 3.8) is 0 Å². The third-order valence-electron chi connectivity index (χ3n) is 4.60. The number of thiazole rings is 1. The Hall–Kier alpha value is -0.410. The molecule has 24 heavy (non-hydrogen) atoms. The van der Waals surface area contributed by atoms with Crippen LogP contribution in [0.5, 0.6) is 0 Å². The number of ether oxygens (including phenoxy) is 1. The second kappa shape index (κ2) is 8.31. The highest BCUT2D eigenvalue weighted by Crippen LogP contribution is 2.34. The predicted octanol–water partition coefficient (Wildman–Crippen LogP) is 3.09. The van der Waals surface area contributed by atoms with Crippen LogP contribution in [-0.4, -0.2) is 42.8 Å². The van der Waals surface area contributed by atoms with E-state index in [0.29, 0.717) is 18.2 Å². The average molecular weight is 464 g/mol. The molecule has 0 amide bonds. The lowest BCUT2D eigenvalue weighted by Gasteiger charge is -2.22. The summed E-state index contributed by atoms with van der Waals surface area (Å²) in [6, 6.07) is 0.410. The van der Waals surface area contributed by atoms with E-state index < -0.39 is 0 Å². The molecule has 0 saturated carbocycles. The number of aromatic nitrogens is 1. The minimum atomic E-state index is 0. The summed E-state index contributed by atoms with van der Waals surface area (Å²) in [5.41, 5.74) is 1.31. The molecule has 0 radical (unpaired) electrons. The largest absolute Gasteiger partial charge is 0.373 e. The van der Waals surface area contributed by atoms with Crippen LogP contribution in [0.3, 0.4) is 0 Å². The normalized spacial score (nSPS) is 26.3. The van der Waals surface area contributed by atoms with E-state index in [0.717, 1.165) is 25.3 Å². The molecule has 3 unspecified atom stereocenters. The van der Waals surface area contributed by atoms with Crippen molar-refractivity contribution in [2.75, 3.05) is 13.6 Å². The number of nitrogens with zero attached hydrogens (tertiary/aromatic N) is 2. The highest BCUT2D eigenvalue weighted by atomic mass is 127. The van der Waals surface area contributed by atoms with E-state index in [4.69, 9.17) is 9.72 Å². The molecule has 0 spiro atoms. The van der Waals surface area contributed by atoms with Crippen molar-refractivity contribution >= 4 is 41.3 Å². The monoisotopic (exact) mass is 464 g/mol. The first kappa shape index (κ1) is 19.9. The molecule has 2 bridgehead atoms. The van der Waals surface area contributed by atoms with E-state index in [2.05, 4.69) is 41.8 Å². The third-order valence-corrected chi connectivity index (χ3v) is 5.51. The van der Waals surface area contributed by atoms with E-state index in [1.54, 1.807) is 11.3 Å². The van der Waals surface area contributed by atoms with Gasteiger partial charge >= 0.3 is 0 Å². The lowest BCUT2D eigenvalue weighted by atomic mass is 9.93. The maximum absolute atomic E-state index is 5.89. The van der Waals surface area contributed by atoms with Crippen molar-refractivity contribution in [3.8, 4) is 0 Å². The van der Waals surface area contributed by atoms with Crippen molar-refractivity contribution in [2.45, 2.75) is 70.1 Å². The standard InChI is InChI=1S/C17H28N4OS.HI/c1-17(2,3)14-10-23-15(21-14)7-8-19-16(18-4)20-12-9-11-5-6-13(12)22-11;/h10-13H,5-9H2,1-4H3,(H2,18,19,20);1H. The van der Waals surface area contributed by atoms with Gasteiger partial charge in [0, 0.05) is 30.8 Å². The van der Waals surface area contributed by atoms with Crippen LogP contribution in [0, 0.1) is 0 Å². The first-order chi connectivity index (χ1) is 11.0. The lowest BCUT2D eigenvalue weighted by Crippen LogP contribution is -2.47. The summed E-state index contributed by atoms with van der Waals surface area (Å²) < 4.78 is 5.89. The van der Waals surface area contributed by atoms with E-state index in [-0.39, 0.29) is 29.4 Å². The SMILES string of the molecule is CN=C(NCCc1nc(C(C)(C)C)cs1)NC1CC2CCC1O2.I. The quantitative estimate of drug-likeness (QED) is 0.409. The first-order valence-corrected chi connectivity index (χ1v) is 9.41. The first-order valence-electron chi connectivity index (χ1n) is 8.53. The van der Waals surface area contributed by atoms with E-state index in [1.807, 2.05) is 7.05 Å². The molecule has 7 heteroatoms. The predicted molar refractivity (Wildman–Crippen MR) is 111 cm³/mol.